The Balaban J connectivity index is 1.61. The Hall–Kier alpha value is -3.56. The molecule has 0 spiro atoms. The Morgan fingerprint density at radius 3 is 2.35 bits per heavy atom. The zero-order chi connectivity index (χ0) is 24.3. The van der Waals surface area contributed by atoms with Crippen molar-refractivity contribution in [3.8, 4) is 11.5 Å². The topological polar surface area (TPSA) is 84.9 Å². The van der Waals surface area contributed by atoms with Crippen molar-refractivity contribution in [1.29, 1.82) is 0 Å². The number of carbonyl (C=O) groups excluding carboxylic acids is 1. The normalized spacial score (nSPS) is 11.3. The van der Waals surface area contributed by atoms with Crippen molar-refractivity contribution in [2.45, 2.75) is 11.8 Å². The standard InChI is InChI=1S/C25H24N2O5S2/c1-4-27(34(29,30)22-11-9-20(31-2)10-12-22)19-8-13-23-17(14-19)15-24(33-23)25(28)26-18-6-5-7-21(16-18)32-3/h5-16H,4H2,1-3H3,(H,26,28). The summed E-state index contributed by atoms with van der Waals surface area (Å²) in [5, 5.41) is 3.67. The van der Waals surface area contributed by atoms with Crippen LogP contribution in [0.15, 0.2) is 77.7 Å². The number of anilines is 2. The number of carbonyl (C=O) groups is 1. The third-order valence-electron chi connectivity index (χ3n) is 5.27. The molecular formula is C25H24N2O5S2. The van der Waals surface area contributed by atoms with Gasteiger partial charge in [0.1, 0.15) is 11.5 Å². The Morgan fingerprint density at radius 1 is 0.941 bits per heavy atom. The molecule has 0 aliphatic carbocycles. The zero-order valence-corrected chi connectivity index (χ0v) is 20.6. The highest BCUT2D eigenvalue weighted by atomic mass is 32.2. The molecule has 0 unspecified atom stereocenters. The van der Waals surface area contributed by atoms with E-state index >= 15 is 0 Å². The van der Waals surface area contributed by atoms with Crippen LogP contribution in [0, 0.1) is 0 Å². The predicted octanol–water partition coefficient (Wildman–Crippen LogP) is 5.39. The number of fused-ring (bicyclic) bond motifs is 1. The SMILES string of the molecule is CCN(c1ccc2sc(C(=O)Nc3cccc(OC)c3)cc2c1)S(=O)(=O)c1ccc(OC)cc1. The molecule has 176 valence electrons. The molecule has 0 fully saturated rings. The number of nitrogens with one attached hydrogen (secondary N) is 1. The Kier molecular flexibility index (Phi) is 6.76. The minimum Gasteiger partial charge on any atom is -0.497 e. The van der Waals surface area contributed by atoms with Gasteiger partial charge in [-0.05, 0) is 73.0 Å². The Labute approximate surface area is 202 Å². The van der Waals surface area contributed by atoms with Crippen LogP contribution in [0.5, 0.6) is 11.5 Å². The van der Waals surface area contributed by atoms with E-state index < -0.39 is 10.0 Å². The van der Waals surface area contributed by atoms with E-state index in [1.54, 1.807) is 68.6 Å². The molecule has 9 heteroatoms. The van der Waals surface area contributed by atoms with Gasteiger partial charge >= 0.3 is 0 Å². The summed E-state index contributed by atoms with van der Waals surface area (Å²) in [6.45, 7) is 2.04. The van der Waals surface area contributed by atoms with Gasteiger partial charge in [-0.15, -0.1) is 11.3 Å². The summed E-state index contributed by atoms with van der Waals surface area (Å²) in [5.41, 5.74) is 1.16. The van der Waals surface area contributed by atoms with Gasteiger partial charge in [-0.25, -0.2) is 8.42 Å². The molecular weight excluding hydrogens is 472 g/mol. The van der Waals surface area contributed by atoms with Gasteiger partial charge in [-0.1, -0.05) is 6.07 Å². The molecule has 1 N–H and O–H groups in total. The number of sulfonamides is 1. The molecule has 7 nitrogen and oxygen atoms in total. The Bertz CT molecular complexity index is 1430. The minimum absolute atomic E-state index is 0.180. The van der Waals surface area contributed by atoms with Crippen molar-refractivity contribution in [1.82, 2.24) is 0 Å². The number of nitrogens with zero attached hydrogens (tertiary/aromatic N) is 1. The minimum atomic E-state index is -3.76. The van der Waals surface area contributed by atoms with Crippen molar-refractivity contribution in [2.24, 2.45) is 0 Å². The highest BCUT2D eigenvalue weighted by molar-refractivity contribution is 7.92. The van der Waals surface area contributed by atoms with E-state index in [0.717, 1.165) is 10.1 Å². The first-order valence-electron chi connectivity index (χ1n) is 10.5. The van der Waals surface area contributed by atoms with Crippen LogP contribution in [0.3, 0.4) is 0 Å². The van der Waals surface area contributed by atoms with E-state index in [1.165, 1.54) is 34.9 Å². The smallest absolute Gasteiger partial charge is 0.265 e. The van der Waals surface area contributed by atoms with E-state index in [2.05, 4.69) is 5.32 Å². The summed E-state index contributed by atoms with van der Waals surface area (Å²) in [4.78, 5) is 13.5. The quantitative estimate of drug-likeness (QED) is 0.354. The number of methoxy groups -OCH3 is 2. The maximum Gasteiger partial charge on any atom is 0.265 e. The van der Waals surface area contributed by atoms with Gasteiger partial charge in [-0.2, -0.15) is 0 Å². The number of thiophene rings is 1. The number of hydrogen-bond donors (Lipinski definition) is 1. The molecule has 0 saturated carbocycles. The average molecular weight is 497 g/mol. The second-order valence-corrected chi connectivity index (χ2v) is 10.3. The van der Waals surface area contributed by atoms with Crippen molar-refractivity contribution in [3.05, 3.63) is 77.7 Å². The average Bonchev–Trinajstić information content (AvgIpc) is 3.28. The van der Waals surface area contributed by atoms with Crippen molar-refractivity contribution in [3.63, 3.8) is 0 Å². The van der Waals surface area contributed by atoms with Crippen molar-refractivity contribution < 1.29 is 22.7 Å². The van der Waals surface area contributed by atoms with Crippen molar-refractivity contribution in [2.75, 3.05) is 30.4 Å². The number of rotatable bonds is 8. The van der Waals surface area contributed by atoms with Gasteiger partial charge in [0.15, 0.2) is 0 Å². The molecule has 3 aromatic carbocycles. The Morgan fingerprint density at radius 2 is 1.68 bits per heavy atom. The van der Waals surface area contributed by atoms with Gasteiger partial charge in [0.25, 0.3) is 15.9 Å². The molecule has 34 heavy (non-hydrogen) atoms. The summed E-state index contributed by atoms with van der Waals surface area (Å²) < 4.78 is 39.1. The van der Waals surface area contributed by atoms with Crippen LogP contribution in [0.25, 0.3) is 10.1 Å². The number of amides is 1. The first-order valence-corrected chi connectivity index (χ1v) is 12.8. The molecule has 0 bridgehead atoms. The van der Waals surface area contributed by atoms with E-state index in [0.29, 0.717) is 27.8 Å². The lowest BCUT2D eigenvalue weighted by atomic mass is 10.2. The summed E-state index contributed by atoms with van der Waals surface area (Å²) in [6.07, 6.45) is 0. The first kappa shape index (κ1) is 23.6. The van der Waals surface area contributed by atoms with E-state index in [1.807, 2.05) is 6.07 Å². The molecule has 0 aliphatic heterocycles. The maximum absolute atomic E-state index is 13.3. The monoisotopic (exact) mass is 496 g/mol. The second-order valence-electron chi connectivity index (χ2n) is 7.36. The molecule has 0 atom stereocenters. The number of ether oxygens (including phenoxy) is 2. The summed E-state index contributed by atoms with van der Waals surface area (Å²) in [5.74, 6) is 0.993. The lowest BCUT2D eigenvalue weighted by Gasteiger charge is -2.23. The van der Waals surface area contributed by atoms with Crippen molar-refractivity contribution >= 4 is 48.7 Å². The van der Waals surface area contributed by atoms with Crippen LogP contribution in [-0.4, -0.2) is 35.1 Å². The van der Waals surface area contributed by atoms with E-state index in [4.69, 9.17) is 9.47 Å². The van der Waals surface area contributed by atoms with Crippen LogP contribution in [-0.2, 0) is 10.0 Å². The van der Waals surface area contributed by atoms with Gasteiger partial charge in [0.05, 0.1) is 29.7 Å². The summed E-state index contributed by atoms with van der Waals surface area (Å²) in [6, 6.07) is 20.6. The molecule has 4 aromatic rings. The molecule has 4 rings (SSSR count). The van der Waals surface area contributed by atoms with Crippen LogP contribution >= 0.6 is 11.3 Å². The largest absolute Gasteiger partial charge is 0.497 e. The van der Waals surface area contributed by atoms with Gasteiger partial charge in [-0.3, -0.25) is 9.10 Å². The highest BCUT2D eigenvalue weighted by Crippen LogP contribution is 2.32. The van der Waals surface area contributed by atoms with Crippen LogP contribution in [0.2, 0.25) is 0 Å². The second kappa shape index (κ2) is 9.74. The molecule has 0 radical (unpaired) electrons. The zero-order valence-electron chi connectivity index (χ0n) is 18.9. The van der Waals surface area contributed by atoms with Gasteiger partial charge in [0, 0.05) is 23.0 Å². The lowest BCUT2D eigenvalue weighted by Crippen LogP contribution is -2.30. The predicted molar refractivity (Wildman–Crippen MR) is 136 cm³/mol. The first-order chi connectivity index (χ1) is 16.3. The number of hydrogen-bond acceptors (Lipinski definition) is 6. The van der Waals surface area contributed by atoms with Gasteiger partial charge < -0.3 is 14.8 Å². The van der Waals surface area contributed by atoms with Crippen LogP contribution in [0.4, 0.5) is 11.4 Å². The van der Waals surface area contributed by atoms with Gasteiger partial charge in [0.2, 0.25) is 0 Å². The molecule has 0 aliphatic rings. The maximum atomic E-state index is 13.3. The summed E-state index contributed by atoms with van der Waals surface area (Å²) in [7, 11) is -0.665. The summed E-state index contributed by atoms with van der Waals surface area (Å²) >= 11 is 1.35. The number of benzene rings is 3. The molecule has 1 heterocycles. The van der Waals surface area contributed by atoms with E-state index in [9.17, 15) is 13.2 Å². The van der Waals surface area contributed by atoms with Crippen LogP contribution in [0.1, 0.15) is 16.6 Å². The van der Waals surface area contributed by atoms with E-state index in [-0.39, 0.29) is 17.3 Å². The molecule has 0 saturated heterocycles. The fourth-order valence-electron chi connectivity index (χ4n) is 3.56. The lowest BCUT2D eigenvalue weighted by molar-refractivity contribution is 0.103. The van der Waals surface area contributed by atoms with Crippen LogP contribution < -0.4 is 19.1 Å². The third-order valence-corrected chi connectivity index (χ3v) is 8.31. The third kappa shape index (κ3) is 4.71. The molecule has 1 aromatic heterocycles. The highest BCUT2D eigenvalue weighted by Gasteiger charge is 2.24. The fourth-order valence-corrected chi connectivity index (χ4v) is 5.96. The fraction of sp³-hybridized carbons (Fsp3) is 0.160. The molecule has 1 amide bonds.